The number of hydrogen-bond acceptors (Lipinski definition) is 6. The molecule has 3 aromatic rings. The Hall–Kier alpha value is -2.98. The molecule has 0 amide bonds. The molecular formula is C29H36FNO6Si. The molecule has 0 bridgehead atoms. The summed E-state index contributed by atoms with van der Waals surface area (Å²) >= 11 is 0. The molecule has 1 aliphatic heterocycles. The number of halogens is 1. The van der Waals surface area contributed by atoms with E-state index in [4.69, 9.17) is 24.2 Å². The summed E-state index contributed by atoms with van der Waals surface area (Å²) < 4.78 is 31.7. The monoisotopic (exact) mass is 541 g/mol. The topological polar surface area (TPSA) is 77.5 Å². The highest BCUT2D eigenvalue weighted by atomic mass is 28.3. The lowest BCUT2D eigenvalue weighted by atomic mass is 9.87. The first kappa shape index (κ1) is 28.0. The number of hydroxylamine groups is 2. The summed E-state index contributed by atoms with van der Waals surface area (Å²) in [6, 6.07) is 19.5. The van der Waals surface area contributed by atoms with Crippen LogP contribution in [0.4, 0.5) is 9.18 Å². The van der Waals surface area contributed by atoms with Gasteiger partial charge in [-0.25, -0.2) is 9.18 Å². The smallest absolute Gasteiger partial charge is 0.467 e. The van der Waals surface area contributed by atoms with Crippen LogP contribution in [0.15, 0.2) is 60.7 Å². The largest absolute Gasteiger partial charge is 0.525 e. The molecule has 4 rings (SSSR count). The number of carbonyl (C=O) groups is 1. The molecule has 0 aromatic heterocycles. The third kappa shape index (κ3) is 8.01. The third-order valence-corrected chi connectivity index (χ3v) is 8.37. The van der Waals surface area contributed by atoms with Gasteiger partial charge >= 0.3 is 6.16 Å². The molecule has 1 fully saturated rings. The van der Waals surface area contributed by atoms with E-state index in [-0.39, 0.29) is 31.2 Å². The van der Waals surface area contributed by atoms with Crippen LogP contribution >= 0.6 is 0 Å². The first-order valence-electron chi connectivity index (χ1n) is 12.9. The average molecular weight is 542 g/mol. The number of fused-ring (bicyclic) bond motifs is 1. The molecule has 0 spiro atoms. The second-order valence-electron chi connectivity index (χ2n) is 10.8. The molecule has 1 N–H and O–H groups in total. The molecular weight excluding hydrogens is 505 g/mol. The molecule has 38 heavy (non-hydrogen) atoms. The quantitative estimate of drug-likeness (QED) is 0.165. The Morgan fingerprint density at radius 1 is 1.11 bits per heavy atom. The van der Waals surface area contributed by atoms with Gasteiger partial charge in [0.15, 0.2) is 6.79 Å². The maximum atomic E-state index is 13.5. The van der Waals surface area contributed by atoms with E-state index in [9.17, 15) is 9.18 Å². The Morgan fingerprint density at radius 2 is 1.87 bits per heavy atom. The van der Waals surface area contributed by atoms with Crippen molar-refractivity contribution in [1.82, 2.24) is 5.06 Å². The minimum absolute atomic E-state index is 0.0276. The zero-order valence-corrected chi connectivity index (χ0v) is 23.2. The molecule has 0 radical (unpaired) electrons. The SMILES string of the molecule is C[Si](C)(C)CCOCOc1cc(COC2CN(OC(=O)O)CCC2c2ccc(F)cc2)cc2ccccc12. The summed E-state index contributed by atoms with van der Waals surface area (Å²) in [4.78, 5) is 16.0. The molecule has 1 heterocycles. The molecule has 2 atom stereocenters. The van der Waals surface area contributed by atoms with Crippen molar-refractivity contribution in [3.8, 4) is 5.75 Å². The number of carboxylic acid groups (broad SMARTS) is 1. The van der Waals surface area contributed by atoms with E-state index >= 15 is 0 Å². The van der Waals surface area contributed by atoms with E-state index in [1.807, 2.05) is 30.3 Å². The molecule has 0 saturated carbocycles. The number of ether oxygens (including phenoxy) is 3. The van der Waals surface area contributed by atoms with Crippen LogP contribution < -0.4 is 4.74 Å². The van der Waals surface area contributed by atoms with Gasteiger partial charge in [0.1, 0.15) is 11.6 Å². The summed E-state index contributed by atoms with van der Waals surface area (Å²) in [6.45, 7) is 8.79. The van der Waals surface area contributed by atoms with Gasteiger partial charge in [-0.1, -0.05) is 56.0 Å². The first-order chi connectivity index (χ1) is 18.2. The molecule has 2 unspecified atom stereocenters. The Labute approximate surface area is 224 Å². The van der Waals surface area contributed by atoms with Crippen molar-refractivity contribution in [2.24, 2.45) is 0 Å². The van der Waals surface area contributed by atoms with Crippen molar-refractivity contribution < 1.29 is 33.3 Å². The second kappa shape index (κ2) is 12.7. The second-order valence-corrected chi connectivity index (χ2v) is 16.5. The highest BCUT2D eigenvalue weighted by Crippen LogP contribution is 2.33. The lowest BCUT2D eigenvalue weighted by Gasteiger charge is -2.36. The minimum atomic E-state index is -1.35. The summed E-state index contributed by atoms with van der Waals surface area (Å²) in [6.07, 6.45) is -1.09. The van der Waals surface area contributed by atoms with Gasteiger partial charge < -0.3 is 24.2 Å². The van der Waals surface area contributed by atoms with Crippen LogP contribution in [0.3, 0.4) is 0 Å². The number of benzene rings is 3. The van der Waals surface area contributed by atoms with Crippen LogP contribution in [0.5, 0.6) is 5.75 Å². The van der Waals surface area contributed by atoms with E-state index in [0.717, 1.165) is 33.7 Å². The lowest BCUT2D eigenvalue weighted by Crippen LogP contribution is -2.44. The van der Waals surface area contributed by atoms with E-state index in [0.29, 0.717) is 26.2 Å². The van der Waals surface area contributed by atoms with Crippen LogP contribution in [-0.2, 0) is 20.9 Å². The number of piperidine rings is 1. The van der Waals surface area contributed by atoms with Crippen molar-refractivity contribution in [1.29, 1.82) is 0 Å². The summed E-state index contributed by atoms with van der Waals surface area (Å²) in [5.74, 6) is 0.399. The van der Waals surface area contributed by atoms with Gasteiger partial charge in [0.2, 0.25) is 0 Å². The fourth-order valence-corrected chi connectivity index (χ4v) is 5.38. The van der Waals surface area contributed by atoms with Crippen LogP contribution in [0.1, 0.15) is 23.5 Å². The van der Waals surface area contributed by atoms with Crippen molar-refractivity contribution in [2.45, 2.75) is 50.7 Å². The Bertz CT molecular complexity index is 1220. The third-order valence-electron chi connectivity index (χ3n) is 6.67. The zero-order chi connectivity index (χ0) is 27.1. The molecule has 7 nitrogen and oxygen atoms in total. The van der Waals surface area contributed by atoms with Gasteiger partial charge in [-0.2, -0.15) is 0 Å². The van der Waals surface area contributed by atoms with Crippen molar-refractivity contribution in [2.75, 3.05) is 26.5 Å². The summed E-state index contributed by atoms with van der Waals surface area (Å²) in [5, 5.41) is 12.5. The zero-order valence-electron chi connectivity index (χ0n) is 22.2. The number of rotatable bonds is 11. The fraction of sp³-hybridized carbons (Fsp3) is 0.414. The normalized spacial score (nSPS) is 18.4. The van der Waals surface area contributed by atoms with Gasteiger partial charge in [0.25, 0.3) is 0 Å². The molecule has 1 aliphatic rings. The molecule has 0 aliphatic carbocycles. The molecule has 9 heteroatoms. The van der Waals surface area contributed by atoms with Crippen molar-refractivity contribution in [3.63, 3.8) is 0 Å². The van der Waals surface area contributed by atoms with Crippen LogP contribution in [-0.4, -0.2) is 57.0 Å². The molecule has 3 aromatic carbocycles. The fourth-order valence-electron chi connectivity index (χ4n) is 4.62. The number of nitrogens with zero attached hydrogens (tertiary/aromatic N) is 1. The lowest BCUT2D eigenvalue weighted by molar-refractivity contribution is -0.166. The summed E-state index contributed by atoms with van der Waals surface area (Å²) in [7, 11) is -1.17. The Kier molecular flexibility index (Phi) is 9.38. The van der Waals surface area contributed by atoms with Crippen LogP contribution in [0.2, 0.25) is 25.7 Å². The van der Waals surface area contributed by atoms with Gasteiger partial charge in [0, 0.05) is 32.5 Å². The molecule has 204 valence electrons. The maximum Gasteiger partial charge on any atom is 0.525 e. The summed E-state index contributed by atoms with van der Waals surface area (Å²) in [5.41, 5.74) is 1.87. The Balaban J connectivity index is 1.48. The highest BCUT2D eigenvalue weighted by molar-refractivity contribution is 6.76. The maximum absolute atomic E-state index is 13.5. The van der Waals surface area contributed by atoms with Gasteiger partial charge in [-0.3, -0.25) is 0 Å². The van der Waals surface area contributed by atoms with Crippen LogP contribution in [0.25, 0.3) is 10.8 Å². The Morgan fingerprint density at radius 3 is 2.61 bits per heavy atom. The predicted octanol–water partition coefficient (Wildman–Crippen LogP) is 6.65. The van der Waals surface area contributed by atoms with Gasteiger partial charge in [-0.15, -0.1) is 5.06 Å². The molecule has 1 saturated heterocycles. The minimum Gasteiger partial charge on any atom is -0.467 e. The van der Waals surface area contributed by atoms with Crippen LogP contribution in [0, 0.1) is 5.82 Å². The van der Waals surface area contributed by atoms with E-state index in [2.05, 4.69) is 25.7 Å². The van der Waals surface area contributed by atoms with E-state index in [1.54, 1.807) is 12.1 Å². The first-order valence-corrected chi connectivity index (χ1v) is 16.6. The van der Waals surface area contributed by atoms with Gasteiger partial charge in [-0.05, 0) is 53.2 Å². The number of hydrogen-bond donors (Lipinski definition) is 1. The average Bonchev–Trinajstić information content (AvgIpc) is 2.87. The highest BCUT2D eigenvalue weighted by Gasteiger charge is 2.33. The van der Waals surface area contributed by atoms with E-state index in [1.165, 1.54) is 17.2 Å². The van der Waals surface area contributed by atoms with Crippen molar-refractivity contribution >= 4 is 25.0 Å². The van der Waals surface area contributed by atoms with Crippen molar-refractivity contribution in [3.05, 3.63) is 77.6 Å². The standard InChI is InChI=1S/C29H36FNO6Si/c1-38(2,3)15-14-34-20-36-27-17-21(16-23-6-4-5-7-25(23)27)19-35-28-18-31(37-29(32)33)13-12-26(28)22-8-10-24(30)11-9-22/h4-11,16-17,26,28H,12-15,18-20H2,1-3H3,(H,32,33). The predicted molar refractivity (Wildman–Crippen MR) is 147 cm³/mol. The van der Waals surface area contributed by atoms with Gasteiger partial charge in [0.05, 0.1) is 19.3 Å². The van der Waals surface area contributed by atoms with E-state index < -0.39 is 14.2 Å².